The van der Waals surface area contributed by atoms with Crippen molar-refractivity contribution in [2.75, 3.05) is 0 Å². The predicted octanol–water partition coefficient (Wildman–Crippen LogP) is 4.12. The molecule has 0 aliphatic carbocycles. The van der Waals surface area contributed by atoms with Crippen LogP contribution >= 0.6 is 39.7 Å². The molecule has 0 aliphatic heterocycles. The number of thiophene rings is 1. The van der Waals surface area contributed by atoms with Gasteiger partial charge in [0, 0.05) is 9.35 Å². The minimum absolute atomic E-state index is 0. The molecule has 1 aromatic carbocycles. The zero-order valence-electron chi connectivity index (χ0n) is 8.19. The summed E-state index contributed by atoms with van der Waals surface area (Å²) in [5.74, 6) is -0.260. The van der Waals surface area contributed by atoms with Crippen LogP contribution in [0, 0.1) is 5.82 Å². The van der Waals surface area contributed by atoms with E-state index in [4.69, 9.17) is 5.73 Å². The molecule has 0 aliphatic rings. The van der Waals surface area contributed by atoms with Crippen LogP contribution in [0.2, 0.25) is 0 Å². The molecule has 0 unspecified atom stereocenters. The molecule has 2 rings (SSSR count). The third-order valence-corrected chi connectivity index (χ3v) is 3.79. The van der Waals surface area contributed by atoms with Crippen molar-refractivity contribution >= 4 is 39.7 Å². The fraction of sp³-hybridized carbons (Fsp3) is 0.0909. The summed E-state index contributed by atoms with van der Waals surface area (Å²) in [6.07, 6.45) is 0. The van der Waals surface area contributed by atoms with Gasteiger partial charge in [-0.15, -0.1) is 23.7 Å². The maximum absolute atomic E-state index is 12.9. The van der Waals surface area contributed by atoms with E-state index < -0.39 is 0 Å². The zero-order chi connectivity index (χ0) is 10.8. The van der Waals surface area contributed by atoms with Gasteiger partial charge in [0.2, 0.25) is 0 Å². The second-order valence-corrected chi connectivity index (χ2v) is 4.99. The van der Waals surface area contributed by atoms with Crippen LogP contribution < -0.4 is 5.73 Å². The van der Waals surface area contributed by atoms with Crippen LogP contribution in [0.5, 0.6) is 0 Å². The molecule has 2 N–H and O–H groups in total. The standard InChI is InChI=1S/C11H9BrFNS.ClH/c12-9-6-7(13)3-4-8(9)11(14)10-2-1-5-15-10;/h1-6,11H,14H2;1H/t11-;/m0./s1. The maximum atomic E-state index is 12.9. The normalized spacial score (nSPS) is 11.9. The lowest BCUT2D eigenvalue weighted by atomic mass is 10.1. The van der Waals surface area contributed by atoms with Crippen LogP contribution in [0.1, 0.15) is 16.5 Å². The third kappa shape index (κ3) is 2.83. The van der Waals surface area contributed by atoms with Crippen LogP contribution in [0.4, 0.5) is 4.39 Å². The Morgan fingerprint density at radius 1 is 1.31 bits per heavy atom. The smallest absolute Gasteiger partial charge is 0.124 e. The van der Waals surface area contributed by atoms with Crippen LogP contribution in [0.25, 0.3) is 0 Å². The van der Waals surface area contributed by atoms with Crippen LogP contribution in [0.15, 0.2) is 40.2 Å². The summed E-state index contributed by atoms with van der Waals surface area (Å²) in [7, 11) is 0. The van der Waals surface area contributed by atoms with Crippen molar-refractivity contribution in [2.45, 2.75) is 6.04 Å². The quantitative estimate of drug-likeness (QED) is 0.884. The summed E-state index contributed by atoms with van der Waals surface area (Å²) in [6.45, 7) is 0. The highest BCUT2D eigenvalue weighted by Gasteiger charge is 2.13. The van der Waals surface area contributed by atoms with Crippen LogP contribution in [0.3, 0.4) is 0 Å². The van der Waals surface area contributed by atoms with Gasteiger partial charge in [-0.2, -0.15) is 0 Å². The Morgan fingerprint density at radius 2 is 2.06 bits per heavy atom. The summed E-state index contributed by atoms with van der Waals surface area (Å²) in [4.78, 5) is 1.07. The predicted molar refractivity (Wildman–Crippen MR) is 71.7 cm³/mol. The average molecular weight is 323 g/mol. The Bertz CT molecular complexity index is 461. The lowest BCUT2D eigenvalue weighted by Crippen LogP contribution is -2.10. The van der Waals surface area contributed by atoms with Gasteiger partial charge in [-0.3, -0.25) is 0 Å². The summed E-state index contributed by atoms with van der Waals surface area (Å²) >= 11 is 4.92. The minimum atomic E-state index is -0.260. The first kappa shape index (κ1) is 13.6. The highest BCUT2D eigenvalue weighted by atomic mass is 79.9. The second kappa shape index (κ2) is 5.77. The summed E-state index contributed by atoms with van der Waals surface area (Å²) in [5, 5.41) is 1.98. The number of nitrogens with two attached hydrogens (primary N) is 1. The first-order chi connectivity index (χ1) is 7.18. The van der Waals surface area contributed by atoms with Crippen molar-refractivity contribution in [3.05, 3.63) is 56.4 Å². The van der Waals surface area contributed by atoms with E-state index in [1.807, 2.05) is 17.5 Å². The number of halogens is 3. The molecule has 1 atom stereocenters. The lowest BCUT2D eigenvalue weighted by Gasteiger charge is -2.11. The molecule has 0 amide bonds. The van der Waals surface area contributed by atoms with E-state index in [-0.39, 0.29) is 24.3 Å². The Morgan fingerprint density at radius 3 is 2.62 bits per heavy atom. The highest BCUT2D eigenvalue weighted by molar-refractivity contribution is 9.10. The van der Waals surface area contributed by atoms with Crippen LogP contribution in [-0.2, 0) is 0 Å². The molecule has 16 heavy (non-hydrogen) atoms. The summed E-state index contributed by atoms with van der Waals surface area (Å²) < 4.78 is 13.6. The van der Waals surface area contributed by atoms with Gasteiger partial charge >= 0.3 is 0 Å². The molecule has 0 saturated heterocycles. The Kier molecular flexibility index (Phi) is 4.92. The lowest BCUT2D eigenvalue weighted by molar-refractivity contribution is 0.625. The molecule has 0 spiro atoms. The Labute approximate surface area is 112 Å². The highest BCUT2D eigenvalue weighted by Crippen LogP contribution is 2.29. The molecular weight excluding hydrogens is 313 g/mol. The summed E-state index contributed by atoms with van der Waals surface area (Å²) in [5.41, 5.74) is 6.97. The van der Waals surface area contributed by atoms with Gasteiger partial charge in [0.25, 0.3) is 0 Å². The molecule has 0 radical (unpaired) electrons. The minimum Gasteiger partial charge on any atom is -0.320 e. The first-order valence-corrected chi connectivity index (χ1v) is 6.09. The monoisotopic (exact) mass is 321 g/mol. The van der Waals surface area contributed by atoms with E-state index in [0.717, 1.165) is 10.4 Å². The molecule has 0 saturated carbocycles. The largest absolute Gasteiger partial charge is 0.320 e. The molecule has 1 heterocycles. The van der Waals surface area contributed by atoms with Gasteiger partial charge in [0.15, 0.2) is 0 Å². The van der Waals surface area contributed by atoms with Gasteiger partial charge in [-0.25, -0.2) is 4.39 Å². The number of benzene rings is 1. The van der Waals surface area contributed by atoms with E-state index in [0.29, 0.717) is 4.47 Å². The van der Waals surface area contributed by atoms with Crippen molar-refractivity contribution in [3.8, 4) is 0 Å². The van der Waals surface area contributed by atoms with Crippen LogP contribution in [-0.4, -0.2) is 0 Å². The molecule has 2 aromatic rings. The second-order valence-electron chi connectivity index (χ2n) is 3.16. The van der Waals surface area contributed by atoms with Gasteiger partial charge < -0.3 is 5.73 Å². The number of rotatable bonds is 2. The van der Waals surface area contributed by atoms with E-state index >= 15 is 0 Å². The van der Waals surface area contributed by atoms with E-state index in [2.05, 4.69) is 15.9 Å². The maximum Gasteiger partial charge on any atom is 0.124 e. The zero-order valence-corrected chi connectivity index (χ0v) is 11.4. The topological polar surface area (TPSA) is 26.0 Å². The average Bonchev–Trinajstić information content (AvgIpc) is 2.69. The van der Waals surface area contributed by atoms with Gasteiger partial charge in [-0.1, -0.05) is 28.1 Å². The third-order valence-electron chi connectivity index (χ3n) is 2.15. The van der Waals surface area contributed by atoms with E-state index in [1.54, 1.807) is 17.4 Å². The van der Waals surface area contributed by atoms with Gasteiger partial charge in [0.05, 0.1) is 6.04 Å². The van der Waals surface area contributed by atoms with Crippen molar-refractivity contribution in [1.82, 2.24) is 0 Å². The van der Waals surface area contributed by atoms with E-state index in [1.165, 1.54) is 12.1 Å². The molecule has 1 aromatic heterocycles. The van der Waals surface area contributed by atoms with Gasteiger partial charge in [0.1, 0.15) is 5.82 Å². The number of hydrogen-bond acceptors (Lipinski definition) is 2. The van der Waals surface area contributed by atoms with Crippen molar-refractivity contribution in [1.29, 1.82) is 0 Å². The molecule has 86 valence electrons. The van der Waals surface area contributed by atoms with Crippen molar-refractivity contribution in [2.24, 2.45) is 5.73 Å². The van der Waals surface area contributed by atoms with Crippen molar-refractivity contribution < 1.29 is 4.39 Å². The molecule has 1 nitrogen and oxygen atoms in total. The SMILES string of the molecule is Cl.N[C@H](c1cccs1)c1ccc(F)cc1Br. The summed E-state index contributed by atoms with van der Waals surface area (Å²) in [6, 6.07) is 8.31. The Balaban J connectivity index is 0.00000128. The fourth-order valence-electron chi connectivity index (χ4n) is 1.38. The molecule has 0 bridgehead atoms. The number of hydrogen-bond donors (Lipinski definition) is 1. The van der Waals surface area contributed by atoms with E-state index in [9.17, 15) is 4.39 Å². The first-order valence-electron chi connectivity index (χ1n) is 4.42. The molecule has 5 heteroatoms. The molecule has 0 fully saturated rings. The Hall–Kier alpha value is -0.420. The molecular formula is C11H10BrClFNS. The fourth-order valence-corrected chi connectivity index (χ4v) is 2.72. The van der Waals surface area contributed by atoms with Gasteiger partial charge in [-0.05, 0) is 29.1 Å². The van der Waals surface area contributed by atoms with Crippen molar-refractivity contribution in [3.63, 3.8) is 0 Å².